The fourth-order valence-electron chi connectivity index (χ4n) is 3.42. The molecular formula is C25H20N2O5. The average molecular weight is 428 g/mol. The number of carbonyl (C=O) groups is 2. The SMILES string of the molecule is COc1cc2ccccc2cc1C(=O)N/N=C\c1ccc(-c2ccc(C(=O)O)cc2C)o1. The number of carboxylic acid groups (broad SMARTS) is 1. The highest BCUT2D eigenvalue weighted by Crippen LogP contribution is 2.27. The molecule has 0 saturated heterocycles. The zero-order valence-corrected chi connectivity index (χ0v) is 17.5. The topological polar surface area (TPSA) is 101 Å². The van der Waals surface area contributed by atoms with Gasteiger partial charge in [-0.25, -0.2) is 10.2 Å². The summed E-state index contributed by atoms with van der Waals surface area (Å²) in [6.07, 6.45) is 1.40. The van der Waals surface area contributed by atoms with Crippen molar-refractivity contribution >= 4 is 28.9 Å². The minimum atomic E-state index is -0.981. The molecule has 2 N–H and O–H groups in total. The predicted octanol–water partition coefficient (Wildman–Crippen LogP) is 4.88. The van der Waals surface area contributed by atoms with Crippen LogP contribution in [0.1, 0.15) is 32.0 Å². The summed E-state index contributed by atoms with van der Waals surface area (Å²) in [6.45, 7) is 1.81. The van der Waals surface area contributed by atoms with Crippen molar-refractivity contribution in [1.29, 1.82) is 0 Å². The molecule has 0 fully saturated rings. The minimum absolute atomic E-state index is 0.214. The van der Waals surface area contributed by atoms with E-state index in [1.165, 1.54) is 19.4 Å². The zero-order valence-electron chi connectivity index (χ0n) is 17.5. The number of methoxy groups -OCH3 is 1. The smallest absolute Gasteiger partial charge is 0.335 e. The summed E-state index contributed by atoms with van der Waals surface area (Å²) in [6, 6.07) is 19.6. The van der Waals surface area contributed by atoms with Crippen molar-refractivity contribution in [2.45, 2.75) is 6.92 Å². The molecule has 3 aromatic carbocycles. The van der Waals surface area contributed by atoms with Crippen molar-refractivity contribution in [3.05, 3.63) is 89.2 Å². The number of fused-ring (bicyclic) bond motifs is 1. The van der Waals surface area contributed by atoms with Gasteiger partial charge in [-0.1, -0.05) is 30.3 Å². The fourth-order valence-corrected chi connectivity index (χ4v) is 3.42. The third-order valence-corrected chi connectivity index (χ3v) is 5.04. The number of ether oxygens (including phenoxy) is 1. The second-order valence-electron chi connectivity index (χ2n) is 7.14. The second-order valence-corrected chi connectivity index (χ2v) is 7.14. The number of benzene rings is 3. The highest BCUT2D eigenvalue weighted by molar-refractivity contribution is 6.01. The molecule has 0 atom stereocenters. The first-order chi connectivity index (χ1) is 15.5. The van der Waals surface area contributed by atoms with Gasteiger partial charge in [0.05, 0.1) is 24.5 Å². The van der Waals surface area contributed by atoms with E-state index >= 15 is 0 Å². The molecule has 0 aliphatic rings. The Hall–Kier alpha value is -4.39. The van der Waals surface area contributed by atoms with E-state index in [9.17, 15) is 9.59 Å². The van der Waals surface area contributed by atoms with Gasteiger partial charge in [-0.3, -0.25) is 4.79 Å². The highest BCUT2D eigenvalue weighted by atomic mass is 16.5. The minimum Gasteiger partial charge on any atom is -0.496 e. The van der Waals surface area contributed by atoms with E-state index in [0.717, 1.165) is 21.9 Å². The molecule has 0 spiro atoms. The Labute approximate surface area is 183 Å². The van der Waals surface area contributed by atoms with Gasteiger partial charge >= 0.3 is 5.97 Å². The number of nitrogens with zero attached hydrogens (tertiary/aromatic N) is 1. The van der Waals surface area contributed by atoms with Gasteiger partial charge in [0.2, 0.25) is 0 Å². The second kappa shape index (κ2) is 8.77. The number of aromatic carboxylic acids is 1. The molecule has 7 nitrogen and oxygen atoms in total. The van der Waals surface area contributed by atoms with E-state index in [4.69, 9.17) is 14.3 Å². The normalized spacial score (nSPS) is 11.1. The van der Waals surface area contributed by atoms with Crippen molar-refractivity contribution < 1.29 is 23.8 Å². The Kier molecular flexibility index (Phi) is 5.72. The van der Waals surface area contributed by atoms with Crippen molar-refractivity contribution in [3.63, 3.8) is 0 Å². The summed E-state index contributed by atoms with van der Waals surface area (Å²) in [5, 5.41) is 15.0. The van der Waals surface area contributed by atoms with E-state index in [1.807, 2.05) is 37.3 Å². The monoisotopic (exact) mass is 428 g/mol. The quantitative estimate of drug-likeness (QED) is 0.337. The van der Waals surface area contributed by atoms with Crippen LogP contribution in [-0.4, -0.2) is 30.3 Å². The van der Waals surface area contributed by atoms with Crippen molar-refractivity contribution in [2.75, 3.05) is 7.11 Å². The maximum atomic E-state index is 12.6. The van der Waals surface area contributed by atoms with Crippen LogP contribution in [0.15, 0.2) is 76.2 Å². The molecule has 0 unspecified atom stereocenters. The lowest BCUT2D eigenvalue weighted by Gasteiger charge is -2.09. The van der Waals surface area contributed by atoms with Crippen LogP contribution in [-0.2, 0) is 0 Å². The number of nitrogens with one attached hydrogen (secondary N) is 1. The summed E-state index contributed by atoms with van der Waals surface area (Å²) in [4.78, 5) is 23.7. The molecule has 4 rings (SSSR count). The Bertz CT molecular complexity index is 1350. The van der Waals surface area contributed by atoms with Gasteiger partial charge in [0, 0.05) is 5.56 Å². The number of hydrogen-bond donors (Lipinski definition) is 2. The number of hydrazone groups is 1. The van der Waals surface area contributed by atoms with Crippen LogP contribution in [0.4, 0.5) is 0 Å². The van der Waals surface area contributed by atoms with Gasteiger partial charge in [-0.05, 0) is 59.7 Å². The van der Waals surface area contributed by atoms with E-state index < -0.39 is 11.9 Å². The summed E-state index contributed by atoms with van der Waals surface area (Å²) in [7, 11) is 1.51. The van der Waals surface area contributed by atoms with E-state index in [2.05, 4.69) is 10.5 Å². The first kappa shape index (κ1) is 20.9. The zero-order chi connectivity index (χ0) is 22.7. The van der Waals surface area contributed by atoms with Gasteiger partial charge < -0.3 is 14.3 Å². The molecule has 32 heavy (non-hydrogen) atoms. The van der Waals surface area contributed by atoms with Crippen LogP contribution in [0.2, 0.25) is 0 Å². The number of rotatable bonds is 6. The van der Waals surface area contributed by atoms with Crippen LogP contribution >= 0.6 is 0 Å². The fraction of sp³-hybridized carbons (Fsp3) is 0.0800. The number of aryl methyl sites for hydroxylation is 1. The largest absolute Gasteiger partial charge is 0.496 e. The van der Waals surface area contributed by atoms with Crippen molar-refractivity contribution in [2.24, 2.45) is 5.10 Å². The summed E-state index contributed by atoms with van der Waals surface area (Å²) in [5.74, 6) is 0.0781. The van der Waals surface area contributed by atoms with Gasteiger partial charge in [0.15, 0.2) is 0 Å². The number of carboxylic acids is 1. The Balaban J connectivity index is 1.50. The summed E-state index contributed by atoms with van der Waals surface area (Å²) < 4.78 is 11.1. The van der Waals surface area contributed by atoms with Crippen LogP contribution in [0.5, 0.6) is 5.75 Å². The molecule has 1 aromatic heterocycles. The van der Waals surface area contributed by atoms with Crippen LogP contribution in [0, 0.1) is 6.92 Å². The molecule has 4 aromatic rings. The summed E-state index contributed by atoms with van der Waals surface area (Å²) >= 11 is 0. The Morgan fingerprint density at radius 3 is 2.47 bits per heavy atom. The third kappa shape index (κ3) is 4.22. The van der Waals surface area contributed by atoms with Gasteiger partial charge in [-0.15, -0.1) is 0 Å². The number of furan rings is 1. The lowest BCUT2D eigenvalue weighted by atomic mass is 10.0. The number of amides is 1. The van der Waals surface area contributed by atoms with Gasteiger partial charge in [0.1, 0.15) is 17.3 Å². The predicted molar refractivity (Wildman–Crippen MR) is 121 cm³/mol. The van der Waals surface area contributed by atoms with Crippen LogP contribution in [0.25, 0.3) is 22.1 Å². The first-order valence-corrected chi connectivity index (χ1v) is 9.80. The van der Waals surface area contributed by atoms with E-state index in [1.54, 1.807) is 30.3 Å². The van der Waals surface area contributed by atoms with E-state index in [0.29, 0.717) is 22.8 Å². The molecule has 0 aliphatic heterocycles. The standard InChI is InChI=1S/C25H20N2O5/c1-15-11-18(25(29)30)7-9-20(15)22-10-8-19(32-22)14-26-27-24(28)21-12-16-5-3-4-6-17(16)13-23(21)31-2/h3-14H,1-2H3,(H,27,28)(H,29,30)/b26-14-. The Morgan fingerprint density at radius 2 is 1.78 bits per heavy atom. The highest BCUT2D eigenvalue weighted by Gasteiger charge is 2.14. The molecular weight excluding hydrogens is 408 g/mol. The summed E-state index contributed by atoms with van der Waals surface area (Å²) in [5.41, 5.74) is 4.63. The molecule has 0 radical (unpaired) electrons. The maximum Gasteiger partial charge on any atom is 0.335 e. The van der Waals surface area contributed by atoms with E-state index in [-0.39, 0.29) is 5.56 Å². The van der Waals surface area contributed by atoms with Crippen molar-refractivity contribution in [3.8, 4) is 17.1 Å². The average Bonchev–Trinajstić information content (AvgIpc) is 3.26. The lowest BCUT2D eigenvalue weighted by molar-refractivity contribution is 0.0696. The number of carbonyl (C=O) groups excluding carboxylic acids is 1. The molecule has 0 saturated carbocycles. The maximum absolute atomic E-state index is 12.6. The first-order valence-electron chi connectivity index (χ1n) is 9.80. The lowest BCUT2D eigenvalue weighted by Crippen LogP contribution is -2.18. The van der Waals surface area contributed by atoms with Crippen molar-refractivity contribution in [1.82, 2.24) is 5.43 Å². The van der Waals surface area contributed by atoms with Gasteiger partial charge in [-0.2, -0.15) is 5.10 Å². The molecule has 0 aliphatic carbocycles. The molecule has 160 valence electrons. The van der Waals surface area contributed by atoms with Crippen LogP contribution in [0.3, 0.4) is 0 Å². The molecule has 1 amide bonds. The number of hydrogen-bond acceptors (Lipinski definition) is 5. The third-order valence-electron chi connectivity index (χ3n) is 5.04. The van der Waals surface area contributed by atoms with Crippen LogP contribution < -0.4 is 10.2 Å². The molecule has 1 heterocycles. The Morgan fingerprint density at radius 1 is 1.03 bits per heavy atom. The molecule has 0 bridgehead atoms. The van der Waals surface area contributed by atoms with Gasteiger partial charge in [0.25, 0.3) is 5.91 Å². The molecule has 7 heteroatoms.